The van der Waals surface area contributed by atoms with Gasteiger partial charge >= 0.3 is 6.09 Å². The van der Waals surface area contributed by atoms with Crippen molar-refractivity contribution < 1.29 is 23.0 Å². The van der Waals surface area contributed by atoms with Gasteiger partial charge in [0.2, 0.25) is 5.88 Å². The number of amides is 1. The van der Waals surface area contributed by atoms with Gasteiger partial charge in [0.15, 0.2) is 5.82 Å². The maximum atomic E-state index is 13.8. The maximum Gasteiger partial charge on any atom is 0.410 e. The predicted molar refractivity (Wildman–Crippen MR) is 122 cm³/mol. The van der Waals surface area contributed by atoms with Crippen LogP contribution in [-0.4, -0.2) is 55.3 Å². The molecule has 0 N–H and O–H groups in total. The molecule has 1 atom stereocenters. The third-order valence-electron chi connectivity index (χ3n) is 5.43. The summed E-state index contributed by atoms with van der Waals surface area (Å²) in [7, 11) is 0. The van der Waals surface area contributed by atoms with Gasteiger partial charge in [0.1, 0.15) is 23.3 Å². The van der Waals surface area contributed by atoms with Crippen LogP contribution in [0.15, 0.2) is 30.3 Å². The molecular weight excluding hydrogens is 444 g/mol. The number of imidazole rings is 1. The lowest BCUT2D eigenvalue weighted by atomic mass is 10.2. The summed E-state index contributed by atoms with van der Waals surface area (Å²) in [6.45, 7) is 8.29. The molecule has 1 fully saturated rings. The molecule has 34 heavy (non-hydrogen) atoms. The summed E-state index contributed by atoms with van der Waals surface area (Å²) in [6, 6.07) is 8.49. The normalized spacial score (nSPS) is 17.1. The van der Waals surface area contributed by atoms with Gasteiger partial charge in [-0.05, 0) is 52.7 Å². The minimum atomic E-state index is -2.77. The minimum absolute atomic E-state index is 0.177. The Kier molecular flexibility index (Phi) is 6.67. The van der Waals surface area contributed by atoms with Gasteiger partial charge in [-0.15, -0.1) is 0 Å². The predicted octanol–water partition coefficient (Wildman–Crippen LogP) is 5.23. The van der Waals surface area contributed by atoms with Crippen molar-refractivity contribution in [3.63, 3.8) is 0 Å². The Hall–Kier alpha value is -3.30. The Labute approximate surface area is 196 Å². The highest BCUT2D eigenvalue weighted by molar-refractivity contribution is 5.78. The van der Waals surface area contributed by atoms with E-state index in [0.717, 1.165) is 12.8 Å². The van der Waals surface area contributed by atoms with Crippen molar-refractivity contribution in [3.8, 4) is 11.7 Å². The number of hydrogen-bond donors (Lipinski definition) is 0. The average molecular weight is 474 g/mol. The van der Waals surface area contributed by atoms with Gasteiger partial charge in [0.05, 0.1) is 11.0 Å². The zero-order valence-corrected chi connectivity index (χ0v) is 19.8. The fourth-order valence-corrected chi connectivity index (χ4v) is 4.00. The number of fused-ring (bicyclic) bond motifs is 1. The SMILES string of the molecule is Cc1nc(OC2CCCN(C(=O)OC(C)(C)C)CC2)cc(-n2c(C(F)F)nc3ccccc32)n1. The monoisotopic (exact) mass is 473 g/mol. The van der Waals surface area contributed by atoms with Crippen molar-refractivity contribution in [2.24, 2.45) is 0 Å². The molecule has 1 aliphatic heterocycles. The number of likely N-dealkylation sites (tertiary alicyclic amines) is 1. The zero-order chi connectivity index (χ0) is 24.5. The second-order valence-corrected chi connectivity index (χ2v) is 9.34. The second-order valence-electron chi connectivity index (χ2n) is 9.34. The summed E-state index contributed by atoms with van der Waals surface area (Å²) in [5.74, 6) is 0.592. The van der Waals surface area contributed by atoms with Crippen molar-refractivity contribution in [1.29, 1.82) is 0 Å². The standard InChI is InChI=1S/C24H29F2N5O3/c1-15-27-19(31-18-10-6-5-9-17(18)29-22(31)21(25)26)14-20(28-15)33-16-8-7-12-30(13-11-16)23(32)34-24(2,3)4/h5-6,9-10,14,16,21H,7-8,11-13H2,1-4H3. The van der Waals surface area contributed by atoms with Crippen molar-refractivity contribution in [2.45, 2.75) is 65.1 Å². The topological polar surface area (TPSA) is 82.4 Å². The van der Waals surface area contributed by atoms with Crippen LogP contribution in [0.1, 0.15) is 58.1 Å². The molecule has 1 aromatic carbocycles. The fraction of sp³-hybridized carbons (Fsp3) is 0.500. The Morgan fingerprint density at radius 3 is 2.62 bits per heavy atom. The number of aryl methyl sites for hydroxylation is 1. The summed E-state index contributed by atoms with van der Waals surface area (Å²) in [5, 5.41) is 0. The molecule has 0 saturated carbocycles. The Morgan fingerprint density at radius 1 is 1.12 bits per heavy atom. The highest BCUT2D eigenvalue weighted by Gasteiger charge is 2.27. The van der Waals surface area contributed by atoms with E-state index in [1.807, 2.05) is 20.8 Å². The summed E-state index contributed by atoms with van der Waals surface area (Å²) < 4.78 is 40.5. The average Bonchev–Trinajstić information content (AvgIpc) is 2.99. The van der Waals surface area contributed by atoms with Crippen LogP contribution in [0.5, 0.6) is 5.88 Å². The van der Waals surface area contributed by atoms with Gasteiger partial charge in [-0.25, -0.2) is 23.5 Å². The van der Waals surface area contributed by atoms with E-state index in [4.69, 9.17) is 9.47 Å². The van der Waals surface area contributed by atoms with Gasteiger partial charge in [0, 0.05) is 25.6 Å². The number of para-hydroxylation sites is 2. The van der Waals surface area contributed by atoms with Crippen LogP contribution < -0.4 is 4.74 Å². The number of carbonyl (C=O) groups excluding carboxylic acids is 1. The van der Waals surface area contributed by atoms with E-state index < -0.39 is 12.0 Å². The van der Waals surface area contributed by atoms with Crippen LogP contribution >= 0.6 is 0 Å². The summed E-state index contributed by atoms with van der Waals surface area (Å²) >= 11 is 0. The first kappa shape index (κ1) is 23.8. The van der Waals surface area contributed by atoms with Crippen molar-refractivity contribution in [1.82, 2.24) is 24.4 Å². The fourth-order valence-electron chi connectivity index (χ4n) is 4.00. The molecule has 3 aromatic rings. The third-order valence-corrected chi connectivity index (χ3v) is 5.43. The molecule has 8 nitrogen and oxygen atoms in total. The van der Waals surface area contributed by atoms with E-state index in [-0.39, 0.29) is 23.8 Å². The van der Waals surface area contributed by atoms with E-state index >= 15 is 0 Å². The van der Waals surface area contributed by atoms with Gasteiger partial charge in [-0.1, -0.05) is 12.1 Å². The first-order valence-corrected chi connectivity index (χ1v) is 11.4. The van der Waals surface area contributed by atoms with Crippen LogP contribution in [0.4, 0.5) is 13.6 Å². The number of alkyl halides is 2. The van der Waals surface area contributed by atoms with E-state index in [2.05, 4.69) is 15.0 Å². The smallest absolute Gasteiger partial charge is 0.410 e. The molecule has 1 aliphatic rings. The molecule has 2 aromatic heterocycles. The van der Waals surface area contributed by atoms with Crippen LogP contribution in [0.25, 0.3) is 16.9 Å². The van der Waals surface area contributed by atoms with Crippen molar-refractivity contribution >= 4 is 17.1 Å². The van der Waals surface area contributed by atoms with Crippen molar-refractivity contribution in [2.75, 3.05) is 13.1 Å². The molecule has 0 radical (unpaired) electrons. The lowest BCUT2D eigenvalue weighted by molar-refractivity contribution is 0.0252. The Bertz CT molecular complexity index is 1180. The number of hydrogen-bond acceptors (Lipinski definition) is 6. The largest absolute Gasteiger partial charge is 0.474 e. The van der Waals surface area contributed by atoms with E-state index in [1.165, 1.54) is 4.57 Å². The molecule has 1 saturated heterocycles. The maximum absolute atomic E-state index is 13.8. The molecule has 0 bridgehead atoms. The van der Waals surface area contributed by atoms with Gasteiger partial charge < -0.3 is 14.4 Å². The highest BCUT2D eigenvalue weighted by Crippen LogP contribution is 2.29. The number of aromatic nitrogens is 4. The number of halogens is 2. The molecule has 0 spiro atoms. The number of rotatable bonds is 4. The molecule has 1 amide bonds. The molecule has 0 aliphatic carbocycles. The van der Waals surface area contributed by atoms with Gasteiger partial charge in [0.25, 0.3) is 6.43 Å². The van der Waals surface area contributed by atoms with Crippen LogP contribution in [0.2, 0.25) is 0 Å². The minimum Gasteiger partial charge on any atom is -0.474 e. The summed E-state index contributed by atoms with van der Waals surface area (Å²) in [6.07, 6.45) is -1.19. The molecular formula is C24H29F2N5O3. The first-order valence-electron chi connectivity index (χ1n) is 11.4. The molecule has 4 rings (SSSR count). The van der Waals surface area contributed by atoms with E-state index in [0.29, 0.717) is 42.2 Å². The number of benzene rings is 1. The highest BCUT2D eigenvalue weighted by atomic mass is 19.3. The first-order chi connectivity index (χ1) is 16.1. The third kappa shape index (κ3) is 5.43. The van der Waals surface area contributed by atoms with Gasteiger partial charge in [-0.2, -0.15) is 4.98 Å². The quantitative estimate of drug-likeness (QED) is 0.516. The number of carbonyl (C=O) groups is 1. The number of nitrogens with zero attached hydrogens (tertiary/aromatic N) is 5. The molecule has 1 unspecified atom stereocenters. The summed E-state index contributed by atoms with van der Waals surface area (Å²) in [5.41, 5.74) is 0.440. The molecule has 182 valence electrons. The lowest BCUT2D eigenvalue weighted by Gasteiger charge is -2.26. The van der Waals surface area contributed by atoms with Gasteiger partial charge in [-0.3, -0.25) is 4.57 Å². The lowest BCUT2D eigenvalue weighted by Crippen LogP contribution is -2.37. The van der Waals surface area contributed by atoms with Crippen LogP contribution in [-0.2, 0) is 4.74 Å². The zero-order valence-electron chi connectivity index (χ0n) is 19.8. The van der Waals surface area contributed by atoms with Crippen molar-refractivity contribution in [3.05, 3.63) is 42.0 Å². The molecule has 3 heterocycles. The number of ether oxygens (including phenoxy) is 2. The van der Waals surface area contributed by atoms with Crippen LogP contribution in [0.3, 0.4) is 0 Å². The van der Waals surface area contributed by atoms with Crippen LogP contribution in [0, 0.1) is 6.92 Å². The summed E-state index contributed by atoms with van der Waals surface area (Å²) in [4.78, 5) is 26.9. The van der Waals surface area contributed by atoms with E-state index in [9.17, 15) is 13.6 Å². The second kappa shape index (κ2) is 9.52. The Morgan fingerprint density at radius 2 is 1.88 bits per heavy atom. The molecule has 10 heteroatoms. The van der Waals surface area contributed by atoms with E-state index in [1.54, 1.807) is 42.2 Å². The Balaban J connectivity index is 1.55.